The van der Waals surface area contributed by atoms with Crippen LogP contribution in [0.25, 0.3) is 0 Å². The number of hydrogen-bond acceptors (Lipinski definition) is 7. The third kappa shape index (κ3) is 27.3. The molecule has 0 spiro atoms. The summed E-state index contributed by atoms with van der Waals surface area (Å²) in [5.74, 6) is -0.620. The van der Waals surface area contributed by atoms with Gasteiger partial charge in [0.1, 0.15) is 26.2 Å². The Morgan fingerprint density at radius 1 is 1.00 bits per heavy atom. The third-order valence-electron chi connectivity index (χ3n) is 5.19. The van der Waals surface area contributed by atoms with E-state index in [0.717, 1.165) is 45.9 Å². The van der Waals surface area contributed by atoms with Crippen LogP contribution in [0.4, 0.5) is 4.79 Å². The molecule has 2 heterocycles. The molecule has 35 heavy (non-hydrogen) atoms. The Labute approximate surface area is 242 Å². The molecular weight excluding hydrogens is 589 g/mol. The molecule has 0 aromatic carbocycles. The maximum Gasteiger partial charge on any atom is 0.403 e. The summed E-state index contributed by atoms with van der Waals surface area (Å²) in [4.78, 5) is 28.2. The Morgan fingerprint density at radius 3 is 1.94 bits per heavy atom. The predicted octanol–water partition coefficient (Wildman–Crippen LogP) is -6.33. The van der Waals surface area contributed by atoms with E-state index in [-0.39, 0.29) is 24.8 Å². The van der Waals surface area contributed by atoms with Crippen LogP contribution in [0, 0.1) is 0 Å². The molecule has 2 saturated heterocycles. The Morgan fingerprint density at radius 2 is 1.54 bits per heavy atom. The van der Waals surface area contributed by atoms with Crippen molar-refractivity contribution >= 4 is 57.8 Å². The van der Waals surface area contributed by atoms with Gasteiger partial charge in [-0.2, -0.15) is 0 Å². The van der Waals surface area contributed by atoms with Gasteiger partial charge < -0.3 is 59.0 Å². The van der Waals surface area contributed by atoms with E-state index < -0.39 is 15.4 Å². The molecule has 0 saturated carbocycles. The van der Waals surface area contributed by atoms with Crippen molar-refractivity contribution < 1.29 is 58.8 Å². The number of aliphatic hydroxyl groups excluding tert-OH is 1. The van der Waals surface area contributed by atoms with E-state index in [2.05, 4.69) is 33.4 Å². The SMILES string of the molecule is CC(=O)OC(Cl)(Cl)Cl.CN1CCN(CCCO)CC1.C[NH+]1CC[NH+](CCCOC(=O)Cl)CC1.[Cl-].[Cl-]. The van der Waals surface area contributed by atoms with Crippen LogP contribution >= 0.6 is 46.4 Å². The van der Waals surface area contributed by atoms with Gasteiger partial charge in [-0.1, -0.05) is 0 Å². The van der Waals surface area contributed by atoms with Crippen LogP contribution in [0.15, 0.2) is 0 Å². The van der Waals surface area contributed by atoms with Gasteiger partial charge in [-0.05, 0) is 48.3 Å². The summed E-state index contributed by atoms with van der Waals surface area (Å²) in [6, 6.07) is 0. The predicted molar refractivity (Wildman–Crippen MR) is 132 cm³/mol. The van der Waals surface area contributed by atoms with Crippen molar-refractivity contribution in [3.05, 3.63) is 0 Å². The van der Waals surface area contributed by atoms with Crippen molar-refractivity contribution in [3.63, 3.8) is 0 Å². The molecule has 0 bridgehead atoms. The second kappa shape index (κ2) is 23.6. The van der Waals surface area contributed by atoms with E-state index in [1.54, 1.807) is 9.80 Å². The largest absolute Gasteiger partial charge is 1.00 e. The van der Waals surface area contributed by atoms with Gasteiger partial charge in [0.15, 0.2) is 0 Å². The van der Waals surface area contributed by atoms with Crippen molar-refractivity contribution in [3.8, 4) is 0 Å². The van der Waals surface area contributed by atoms with Crippen molar-refractivity contribution in [2.45, 2.75) is 23.7 Å². The zero-order valence-corrected chi connectivity index (χ0v) is 25.2. The highest BCUT2D eigenvalue weighted by molar-refractivity contribution is 6.66. The Bertz CT molecular complexity index is 530. The molecule has 2 fully saturated rings. The van der Waals surface area contributed by atoms with E-state index >= 15 is 0 Å². The second-order valence-electron chi connectivity index (χ2n) is 8.16. The number of carbonyl (C=O) groups is 2. The number of piperazine rings is 2. The number of quaternary nitrogens is 2. The van der Waals surface area contributed by atoms with Crippen LogP contribution in [-0.4, -0.2) is 123 Å². The summed E-state index contributed by atoms with van der Waals surface area (Å²) < 4.78 is 6.85. The first-order valence-corrected chi connectivity index (χ1v) is 12.7. The highest BCUT2D eigenvalue weighted by Crippen LogP contribution is 2.26. The average Bonchev–Trinajstić information content (AvgIpc) is 2.71. The number of alkyl halides is 3. The number of halogens is 6. The molecule has 3 N–H and O–H groups in total. The van der Waals surface area contributed by atoms with Gasteiger partial charge in [0.05, 0.1) is 20.2 Å². The highest BCUT2D eigenvalue weighted by Gasteiger charge is 2.22. The highest BCUT2D eigenvalue weighted by atomic mass is 35.6. The maximum atomic E-state index is 10.3. The number of hydrogen-bond donors (Lipinski definition) is 3. The summed E-state index contributed by atoms with van der Waals surface area (Å²) in [7, 11) is 4.38. The Kier molecular flexibility index (Phi) is 26.9. The van der Waals surface area contributed by atoms with Gasteiger partial charge in [-0.15, -0.1) is 0 Å². The lowest BCUT2D eigenvalue weighted by Gasteiger charge is -2.32. The molecule has 212 valence electrons. The molecule has 0 aromatic heterocycles. The van der Waals surface area contributed by atoms with Gasteiger partial charge in [0, 0.05) is 64.3 Å². The van der Waals surface area contributed by atoms with Gasteiger partial charge in [0.2, 0.25) is 0 Å². The summed E-state index contributed by atoms with van der Waals surface area (Å²) in [5, 5.41) is 8.61. The summed E-state index contributed by atoms with van der Waals surface area (Å²) in [5.41, 5.74) is -0.692. The molecule has 0 atom stereocenters. The first-order chi connectivity index (χ1) is 15.4. The Hall–Kier alpha value is 0.480. The molecule has 0 amide bonds. The number of esters is 1. The number of likely N-dealkylation sites (N-methyl/N-ethyl adjacent to an activating group) is 2. The monoisotopic (exact) mass is 626 g/mol. The smallest absolute Gasteiger partial charge is 0.403 e. The lowest BCUT2D eigenvalue weighted by atomic mass is 10.3. The molecule has 9 nitrogen and oxygen atoms in total. The first-order valence-electron chi connectivity index (χ1n) is 11.2. The van der Waals surface area contributed by atoms with E-state index in [1.807, 2.05) is 0 Å². The minimum Gasteiger partial charge on any atom is -1.00 e. The molecule has 2 rings (SSSR count). The zero-order valence-electron chi connectivity index (χ0n) is 20.6. The molecule has 0 aromatic rings. The molecule has 15 heteroatoms. The normalized spacial score (nSPS) is 20.5. The third-order valence-corrected chi connectivity index (χ3v) is 5.53. The van der Waals surface area contributed by atoms with E-state index in [1.165, 1.54) is 39.3 Å². The van der Waals surface area contributed by atoms with Crippen molar-refractivity contribution in [1.82, 2.24) is 9.80 Å². The second-order valence-corrected chi connectivity index (χ2v) is 10.6. The topological polar surface area (TPSA) is 88.2 Å². The zero-order chi connectivity index (χ0) is 25.3. The van der Waals surface area contributed by atoms with Crippen LogP contribution in [0.3, 0.4) is 0 Å². The Balaban J connectivity index is -0.000000443. The van der Waals surface area contributed by atoms with Crippen molar-refractivity contribution in [1.29, 1.82) is 0 Å². The standard InChI is InChI=1S/C9H17ClN2O2.C8H18N2O.C3H3Cl3O2.2ClH/c1-11-4-6-12(7-5-11)3-2-8-14-9(10)13;1-9-4-6-10(7-5-9)3-2-8-11;1-2(7)8-3(4,5)6;;/h2-8H2,1H3;11H,2-8H2,1H3;1H3;2*1H. The number of aliphatic hydroxyl groups is 1. The molecule has 2 aliphatic rings. The lowest BCUT2D eigenvalue weighted by molar-refractivity contribution is -1.00. The fourth-order valence-corrected chi connectivity index (χ4v) is 3.69. The van der Waals surface area contributed by atoms with E-state index in [4.69, 9.17) is 51.5 Å². The number of nitrogens with zero attached hydrogens (tertiary/aromatic N) is 2. The van der Waals surface area contributed by atoms with Crippen LogP contribution in [0.5, 0.6) is 0 Å². The first kappa shape index (κ1) is 40.0. The van der Waals surface area contributed by atoms with Crippen LogP contribution in [0.1, 0.15) is 19.8 Å². The van der Waals surface area contributed by atoms with Crippen molar-refractivity contribution in [2.75, 3.05) is 92.8 Å². The molecule has 2 aliphatic heterocycles. The number of nitrogens with one attached hydrogen (secondary N) is 2. The fraction of sp³-hybridized carbons (Fsp3) is 0.900. The van der Waals surface area contributed by atoms with Gasteiger partial charge in [0.25, 0.3) is 0 Å². The van der Waals surface area contributed by atoms with Crippen molar-refractivity contribution in [2.24, 2.45) is 0 Å². The quantitative estimate of drug-likeness (QED) is 0.112. The van der Waals surface area contributed by atoms with Gasteiger partial charge in [-0.25, -0.2) is 4.79 Å². The van der Waals surface area contributed by atoms with Crippen LogP contribution in [0.2, 0.25) is 0 Å². The molecule has 0 aliphatic carbocycles. The van der Waals surface area contributed by atoms with Crippen LogP contribution < -0.4 is 34.6 Å². The average molecular weight is 629 g/mol. The molecular formula is C20H40Cl6N4O5. The van der Waals surface area contributed by atoms with Crippen LogP contribution in [-0.2, 0) is 14.3 Å². The van der Waals surface area contributed by atoms with E-state index in [0.29, 0.717) is 13.2 Å². The van der Waals surface area contributed by atoms with Gasteiger partial charge in [-0.3, -0.25) is 4.79 Å². The maximum absolute atomic E-state index is 10.3. The summed E-state index contributed by atoms with van der Waals surface area (Å²) in [6.45, 7) is 13.7. The fourth-order valence-electron chi connectivity index (χ4n) is 3.28. The summed E-state index contributed by atoms with van der Waals surface area (Å²) >= 11 is 20.1. The van der Waals surface area contributed by atoms with Gasteiger partial charge >= 0.3 is 15.4 Å². The lowest BCUT2D eigenvalue weighted by Crippen LogP contribution is -3.27. The number of rotatable bonds is 7. The molecule has 0 unspecified atom stereocenters. The number of carbonyl (C=O) groups excluding carboxylic acids is 2. The van der Waals surface area contributed by atoms with E-state index in [9.17, 15) is 9.59 Å². The number of ether oxygens (including phenoxy) is 2. The molecule has 0 radical (unpaired) electrons. The minimum absolute atomic E-state index is 0. The minimum atomic E-state index is -1.91. The summed E-state index contributed by atoms with van der Waals surface area (Å²) in [6.07, 6.45) is 1.83.